The van der Waals surface area contributed by atoms with E-state index in [4.69, 9.17) is 5.11 Å². The number of hydrogen-bond acceptors (Lipinski definition) is 3. The van der Waals surface area contributed by atoms with Crippen LogP contribution in [-0.2, 0) is 14.8 Å². The maximum absolute atomic E-state index is 12.0. The topological polar surface area (TPSA) is 83.5 Å². The number of carbonyl (C=O) groups is 1. The van der Waals surface area contributed by atoms with E-state index in [1.54, 1.807) is 13.0 Å². The number of carboxylic acids is 1. The Morgan fingerprint density at radius 3 is 2.55 bits per heavy atom. The highest BCUT2D eigenvalue weighted by molar-refractivity contribution is 7.89. The monoisotopic (exact) mass is 297 g/mol. The van der Waals surface area contributed by atoms with Crippen molar-refractivity contribution in [3.8, 4) is 0 Å². The first-order chi connectivity index (χ1) is 9.22. The third-order valence-electron chi connectivity index (χ3n) is 2.64. The molecule has 0 aliphatic carbocycles. The van der Waals surface area contributed by atoms with Crippen LogP contribution in [0.15, 0.2) is 29.2 Å². The van der Waals surface area contributed by atoms with Crippen molar-refractivity contribution in [2.75, 3.05) is 6.54 Å². The van der Waals surface area contributed by atoms with Crippen LogP contribution in [0.3, 0.4) is 0 Å². The van der Waals surface area contributed by atoms with Crippen LogP contribution < -0.4 is 4.72 Å². The average molecular weight is 297 g/mol. The smallest absolute Gasteiger partial charge is 0.328 e. The third kappa shape index (κ3) is 4.79. The molecule has 0 fully saturated rings. The van der Waals surface area contributed by atoms with Crippen molar-refractivity contribution in [1.82, 2.24) is 4.72 Å². The number of rotatable bonds is 6. The summed E-state index contributed by atoms with van der Waals surface area (Å²) in [5.41, 5.74) is 1.38. The number of aryl methyl sites for hydroxylation is 1. The Hall–Kier alpha value is -1.66. The standard InChI is InChI=1S/C14H19NO4S/c1-10(2)9-15-20(18,19)13-6-4-12(11(3)8-13)5-7-14(16)17/h4-8,10,15H,9H2,1-3H3,(H,16,17). The Morgan fingerprint density at radius 1 is 1.40 bits per heavy atom. The summed E-state index contributed by atoms with van der Waals surface area (Å²) in [7, 11) is -3.52. The van der Waals surface area contributed by atoms with E-state index in [1.165, 1.54) is 18.2 Å². The number of hydrogen-bond donors (Lipinski definition) is 2. The molecule has 0 unspecified atom stereocenters. The van der Waals surface area contributed by atoms with Gasteiger partial charge in [0.15, 0.2) is 0 Å². The van der Waals surface area contributed by atoms with Crippen molar-refractivity contribution in [3.05, 3.63) is 35.4 Å². The summed E-state index contributed by atoms with van der Waals surface area (Å²) in [6.45, 7) is 5.96. The molecule has 20 heavy (non-hydrogen) atoms. The van der Waals surface area contributed by atoms with Gasteiger partial charge in [-0.25, -0.2) is 17.9 Å². The van der Waals surface area contributed by atoms with Gasteiger partial charge in [-0.2, -0.15) is 0 Å². The summed E-state index contributed by atoms with van der Waals surface area (Å²) >= 11 is 0. The Kier molecular flexibility index (Phi) is 5.47. The lowest BCUT2D eigenvalue weighted by molar-refractivity contribution is -0.131. The van der Waals surface area contributed by atoms with Crippen LogP contribution in [0.25, 0.3) is 6.08 Å². The normalized spacial score (nSPS) is 12.2. The molecule has 1 aromatic carbocycles. The fourth-order valence-electron chi connectivity index (χ4n) is 1.52. The molecule has 110 valence electrons. The summed E-state index contributed by atoms with van der Waals surface area (Å²) in [5, 5.41) is 8.58. The molecule has 6 heteroatoms. The molecule has 1 aromatic rings. The van der Waals surface area contributed by atoms with E-state index in [1.807, 2.05) is 13.8 Å². The van der Waals surface area contributed by atoms with E-state index >= 15 is 0 Å². The van der Waals surface area contributed by atoms with Crippen LogP contribution >= 0.6 is 0 Å². The molecule has 0 saturated heterocycles. The lowest BCUT2D eigenvalue weighted by Gasteiger charge is -2.10. The van der Waals surface area contributed by atoms with Crippen LogP contribution in [-0.4, -0.2) is 26.0 Å². The minimum Gasteiger partial charge on any atom is -0.478 e. The molecule has 0 heterocycles. The highest BCUT2D eigenvalue weighted by Gasteiger charge is 2.14. The lowest BCUT2D eigenvalue weighted by atomic mass is 10.1. The molecule has 0 aromatic heterocycles. The summed E-state index contributed by atoms with van der Waals surface area (Å²) in [4.78, 5) is 10.6. The maximum Gasteiger partial charge on any atom is 0.328 e. The predicted octanol–water partition coefficient (Wildman–Crippen LogP) is 2.03. The first-order valence-corrected chi connectivity index (χ1v) is 7.72. The van der Waals surface area contributed by atoms with Gasteiger partial charge in [0.05, 0.1) is 4.90 Å². The quantitative estimate of drug-likeness (QED) is 0.787. The van der Waals surface area contributed by atoms with E-state index < -0.39 is 16.0 Å². The first-order valence-electron chi connectivity index (χ1n) is 6.23. The van der Waals surface area contributed by atoms with Crippen LogP contribution in [0.2, 0.25) is 0 Å². The minimum absolute atomic E-state index is 0.183. The number of nitrogens with one attached hydrogen (secondary N) is 1. The van der Waals surface area contributed by atoms with Crippen molar-refractivity contribution >= 4 is 22.1 Å². The summed E-state index contributed by atoms with van der Waals surface area (Å²) < 4.78 is 26.6. The van der Waals surface area contributed by atoms with Gasteiger partial charge >= 0.3 is 5.97 Å². The first kappa shape index (κ1) is 16.4. The maximum atomic E-state index is 12.0. The zero-order chi connectivity index (χ0) is 15.3. The molecule has 0 amide bonds. The molecule has 0 radical (unpaired) electrons. The Balaban J connectivity index is 3.00. The molecule has 5 nitrogen and oxygen atoms in total. The third-order valence-corrected chi connectivity index (χ3v) is 4.06. The fraction of sp³-hybridized carbons (Fsp3) is 0.357. The van der Waals surface area contributed by atoms with Gasteiger partial charge in [0.2, 0.25) is 10.0 Å². The molecule has 1 rings (SSSR count). The lowest BCUT2D eigenvalue weighted by Crippen LogP contribution is -2.27. The molecule has 0 atom stereocenters. The highest BCUT2D eigenvalue weighted by atomic mass is 32.2. The second-order valence-corrected chi connectivity index (χ2v) is 6.70. The summed E-state index contributed by atoms with van der Waals surface area (Å²) in [6, 6.07) is 4.60. The largest absolute Gasteiger partial charge is 0.478 e. The van der Waals surface area contributed by atoms with Crippen molar-refractivity contribution in [2.24, 2.45) is 5.92 Å². The van der Waals surface area contributed by atoms with Crippen molar-refractivity contribution < 1.29 is 18.3 Å². The predicted molar refractivity (Wildman–Crippen MR) is 77.9 cm³/mol. The van der Waals surface area contributed by atoms with E-state index in [0.29, 0.717) is 17.7 Å². The highest BCUT2D eigenvalue weighted by Crippen LogP contribution is 2.16. The summed E-state index contributed by atoms with van der Waals surface area (Å²) in [6.07, 6.45) is 2.46. The van der Waals surface area contributed by atoms with E-state index in [2.05, 4.69) is 4.72 Å². The van der Waals surface area contributed by atoms with Crippen LogP contribution in [0, 0.1) is 12.8 Å². The van der Waals surface area contributed by atoms with Gasteiger partial charge in [-0.1, -0.05) is 19.9 Å². The average Bonchev–Trinajstić information content (AvgIpc) is 2.34. The zero-order valence-corrected chi connectivity index (χ0v) is 12.6. The van der Waals surface area contributed by atoms with Gasteiger partial charge < -0.3 is 5.11 Å². The minimum atomic E-state index is -3.52. The Labute approximate surface area is 119 Å². The Morgan fingerprint density at radius 2 is 2.05 bits per heavy atom. The SMILES string of the molecule is Cc1cc(S(=O)(=O)NCC(C)C)ccc1C=CC(=O)O. The Bertz CT molecular complexity index is 618. The van der Waals surface area contributed by atoms with Crippen LogP contribution in [0.4, 0.5) is 0 Å². The molecule has 2 N–H and O–H groups in total. The molecule has 0 bridgehead atoms. The van der Waals surface area contributed by atoms with Gasteiger partial charge in [-0.05, 0) is 42.2 Å². The second-order valence-electron chi connectivity index (χ2n) is 4.94. The number of aliphatic carboxylic acids is 1. The number of sulfonamides is 1. The molecule has 0 spiro atoms. The van der Waals surface area contributed by atoms with Gasteiger partial charge in [0.1, 0.15) is 0 Å². The number of carboxylic acid groups (broad SMARTS) is 1. The van der Waals surface area contributed by atoms with Gasteiger partial charge in [-0.3, -0.25) is 0 Å². The molecule has 0 aliphatic rings. The molecule has 0 saturated carbocycles. The van der Waals surface area contributed by atoms with Gasteiger partial charge in [0, 0.05) is 12.6 Å². The van der Waals surface area contributed by atoms with Crippen molar-refractivity contribution in [3.63, 3.8) is 0 Å². The van der Waals surface area contributed by atoms with Crippen molar-refractivity contribution in [2.45, 2.75) is 25.7 Å². The summed E-state index contributed by atoms with van der Waals surface area (Å²) in [5.74, 6) is -0.816. The van der Waals surface area contributed by atoms with Gasteiger partial charge in [-0.15, -0.1) is 0 Å². The fourth-order valence-corrected chi connectivity index (χ4v) is 2.82. The molecular weight excluding hydrogens is 278 g/mol. The number of benzene rings is 1. The van der Waals surface area contributed by atoms with E-state index in [0.717, 1.165) is 6.08 Å². The zero-order valence-electron chi connectivity index (χ0n) is 11.8. The second kappa shape index (κ2) is 6.67. The molecule has 0 aliphatic heterocycles. The van der Waals surface area contributed by atoms with Gasteiger partial charge in [0.25, 0.3) is 0 Å². The van der Waals surface area contributed by atoms with E-state index in [9.17, 15) is 13.2 Å². The molecular formula is C14H19NO4S. The van der Waals surface area contributed by atoms with Crippen LogP contribution in [0.1, 0.15) is 25.0 Å². The van der Waals surface area contributed by atoms with Crippen molar-refractivity contribution in [1.29, 1.82) is 0 Å². The van der Waals surface area contributed by atoms with E-state index in [-0.39, 0.29) is 10.8 Å². The van der Waals surface area contributed by atoms with Crippen LogP contribution in [0.5, 0.6) is 0 Å².